The summed E-state index contributed by atoms with van der Waals surface area (Å²) in [6.07, 6.45) is 10.7. The minimum Gasteiger partial charge on any atom is -0.462 e. The van der Waals surface area contributed by atoms with Crippen molar-refractivity contribution in [1.82, 2.24) is 0 Å². The van der Waals surface area contributed by atoms with Crippen molar-refractivity contribution >= 4 is 5.97 Å². The molecule has 2 heteroatoms. The Bertz CT molecular complexity index is 191. The van der Waals surface area contributed by atoms with E-state index in [2.05, 4.69) is 5.92 Å². The number of terminal acetylenes is 1. The fraction of sp³-hybridized carbons (Fsp3) is 0.700. The van der Waals surface area contributed by atoms with E-state index < -0.39 is 0 Å². The summed E-state index contributed by atoms with van der Waals surface area (Å²) < 4.78 is 5.05. The van der Waals surface area contributed by atoms with Gasteiger partial charge in [0.2, 0.25) is 0 Å². The fourth-order valence-corrected chi connectivity index (χ4v) is 1.38. The SMILES string of the molecule is C#CCCCCC1CCC(=O)O1. The van der Waals surface area contributed by atoms with E-state index in [1.54, 1.807) is 0 Å². The second-order valence-electron chi connectivity index (χ2n) is 3.10. The van der Waals surface area contributed by atoms with Crippen LogP contribution in [0.5, 0.6) is 0 Å². The summed E-state index contributed by atoms with van der Waals surface area (Å²) in [5, 5.41) is 0. The van der Waals surface area contributed by atoms with Gasteiger partial charge in [0.25, 0.3) is 0 Å². The molecule has 0 aromatic rings. The van der Waals surface area contributed by atoms with Crippen molar-refractivity contribution in [3.63, 3.8) is 0 Å². The van der Waals surface area contributed by atoms with Crippen LogP contribution >= 0.6 is 0 Å². The van der Waals surface area contributed by atoms with Crippen LogP contribution in [0.4, 0.5) is 0 Å². The first-order valence-electron chi connectivity index (χ1n) is 4.46. The van der Waals surface area contributed by atoms with E-state index in [1.165, 1.54) is 0 Å². The molecule has 0 radical (unpaired) electrons. The number of esters is 1. The Kier molecular flexibility index (Phi) is 3.66. The lowest BCUT2D eigenvalue weighted by molar-refractivity contribution is -0.141. The Morgan fingerprint density at radius 2 is 2.42 bits per heavy atom. The zero-order valence-corrected chi connectivity index (χ0v) is 7.21. The molecule has 1 unspecified atom stereocenters. The molecule has 66 valence electrons. The molecule has 1 aliphatic heterocycles. The average molecular weight is 166 g/mol. The third-order valence-corrected chi connectivity index (χ3v) is 2.07. The maximum atomic E-state index is 10.7. The minimum atomic E-state index is -0.0445. The second kappa shape index (κ2) is 4.82. The lowest BCUT2D eigenvalue weighted by atomic mass is 10.1. The number of ether oxygens (including phenoxy) is 1. The molecule has 0 amide bonds. The smallest absolute Gasteiger partial charge is 0.306 e. The van der Waals surface area contributed by atoms with Gasteiger partial charge in [-0.2, -0.15) is 0 Å². The first kappa shape index (κ1) is 9.12. The van der Waals surface area contributed by atoms with Crippen LogP contribution in [-0.4, -0.2) is 12.1 Å². The number of cyclic esters (lactones) is 1. The number of rotatable bonds is 4. The number of hydrogen-bond donors (Lipinski definition) is 0. The maximum Gasteiger partial charge on any atom is 0.306 e. The lowest BCUT2D eigenvalue weighted by Gasteiger charge is -2.06. The quantitative estimate of drug-likeness (QED) is 0.362. The van der Waals surface area contributed by atoms with Crippen molar-refractivity contribution < 1.29 is 9.53 Å². The molecule has 1 aliphatic rings. The summed E-state index contributed by atoms with van der Waals surface area (Å²) in [5.74, 6) is 2.55. The molecule has 12 heavy (non-hydrogen) atoms. The molecule has 2 nitrogen and oxygen atoms in total. The van der Waals surface area contributed by atoms with Crippen LogP contribution in [0.3, 0.4) is 0 Å². The van der Waals surface area contributed by atoms with Gasteiger partial charge in [0.15, 0.2) is 0 Å². The van der Waals surface area contributed by atoms with Gasteiger partial charge in [-0.1, -0.05) is 0 Å². The summed E-state index contributed by atoms with van der Waals surface area (Å²) in [6.45, 7) is 0. The van der Waals surface area contributed by atoms with Gasteiger partial charge in [-0.25, -0.2) is 0 Å². The Morgan fingerprint density at radius 3 is 3.00 bits per heavy atom. The van der Waals surface area contributed by atoms with Gasteiger partial charge in [-0.05, 0) is 25.7 Å². The number of carbonyl (C=O) groups excluding carboxylic acids is 1. The van der Waals surface area contributed by atoms with Gasteiger partial charge < -0.3 is 4.74 Å². The molecule has 0 aromatic heterocycles. The normalized spacial score (nSPS) is 21.9. The van der Waals surface area contributed by atoms with Crippen molar-refractivity contribution in [3.8, 4) is 12.3 Å². The van der Waals surface area contributed by atoms with Gasteiger partial charge in [0, 0.05) is 12.8 Å². The molecule has 0 spiro atoms. The molecule has 1 heterocycles. The molecule has 1 saturated heterocycles. The van der Waals surface area contributed by atoms with E-state index in [0.29, 0.717) is 6.42 Å². The largest absolute Gasteiger partial charge is 0.462 e. The van der Waals surface area contributed by atoms with E-state index >= 15 is 0 Å². The highest BCUT2D eigenvalue weighted by molar-refractivity contribution is 5.71. The third kappa shape index (κ3) is 2.96. The van der Waals surface area contributed by atoms with Crippen LogP contribution in [0.25, 0.3) is 0 Å². The molecule has 0 N–H and O–H groups in total. The summed E-state index contributed by atoms with van der Waals surface area (Å²) >= 11 is 0. The van der Waals surface area contributed by atoms with Crippen molar-refractivity contribution in [3.05, 3.63) is 0 Å². The molecule has 0 bridgehead atoms. The Morgan fingerprint density at radius 1 is 1.58 bits per heavy atom. The predicted molar refractivity (Wildman–Crippen MR) is 46.4 cm³/mol. The molecule has 0 aliphatic carbocycles. The molecule has 0 aromatic carbocycles. The molecule has 1 rings (SSSR count). The van der Waals surface area contributed by atoms with Gasteiger partial charge >= 0.3 is 5.97 Å². The second-order valence-corrected chi connectivity index (χ2v) is 3.10. The van der Waals surface area contributed by atoms with Crippen molar-refractivity contribution in [2.75, 3.05) is 0 Å². The van der Waals surface area contributed by atoms with E-state index in [9.17, 15) is 4.79 Å². The van der Waals surface area contributed by atoms with Gasteiger partial charge in [0.1, 0.15) is 6.10 Å². The van der Waals surface area contributed by atoms with E-state index in [0.717, 1.165) is 32.1 Å². The first-order chi connectivity index (χ1) is 5.83. The lowest BCUT2D eigenvalue weighted by Crippen LogP contribution is -2.05. The fourth-order valence-electron chi connectivity index (χ4n) is 1.38. The van der Waals surface area contributed by atoms with Crippen molar-refractivity contribution in [2.45, 2.75) is 44.6 Å². The summed E-state index contributed by atoms with van der Waals surface area (Å²) in [5.41, 5.74) is 0. The third-order valence-electron chi connectivity index (χ3n) is 2.07. The van der Waals surface area contributed by atoms with E-state index in [1.807, 2.05) is 0 Å². The topological polar surface area (TPSA) is 26.3 Å². The van der Waals surface area contributed by atoms with Gasteiger partial charge in [0.05, 0.1) is 0 Å². The van der Waals surface area contributed by atoms with Crippen LogP contribution in [-0.2, 0) is 9.53 Å². The molecular weight excluding hydrogens is 152 g/mol. The Labute approximate surface area is 73.3 Å². The van der Waals surface area contributed by atoms with Crippen molar-refractivity contribution in [2.24, 2.45) is 0 Å². The van der Waals surface area contributed by atoms with Crippen LogP contribution in [0.1, 0.15) is 38.5 Å². The maximum absolute atomic E-state index is 10.7. The van der Waals surface area contributed by atoms with Gasteiger partial charge in [-0.3, -0.25) is 4.79 Å². The highest BCUT2D eigenvalue weighted by Gasteiger charge is 2.22. The average Bonchev–Trinajstić information content (AvgIpc) is 2.45. The van der Waals surface area contributed by atoms with Crippen LogP contribution in [0.15, 0.2) is 0 Å². The molecule has 1 fully saturated rings. The highest BCUT2D eigenvalue weighted by atomic mass is 16.5. The standard InChI is InChI=1S/C10H14O2/c1-2-3-4-5-6-9-7-8-10(11)12-9/h1,9H,3-8H2. The monoisotopic (exact) mass is 166 g/mol. The predicted octanol–water partition coefficient (Wildman–Crippen LogP) is 1.89. The van der Waals surface area contributed by atoms with E-state index in [4.69, 9.17) is 11.2 Å². The molecule has 0 saturated carbocycles. The zero-order valence-electron chi connectivity index (χ0n) is 7.21. The van der Waals surface area contributed by atoms with Gasteiger partial charge in [-0.15, -0.1) is 12.3 Å². The number of hydrogen-bond acceptors (Lipinski definition) is 2. The Hall–Kier alpha value is -0.970. The first-order valence-corrected chi connectivity index (χ1v) is 4.46. The van der Waals surface area contributed by atoms with Crippen LogP contribution in [0, 0.1) is 12.3 Å². The highest BCUT2D eigenvalue weighted by Crippen LogP contribution is 2.19. The summed E-state index contributed by atoms with van der Waals surface area (Å²) in [4.78, 5) is 10.7. The van der Waals surface area contributed by atoms with Crippen LogP contribution < -0.4 is 0 Å². The van der Waals surface area contributed by atoms with Crippen LogP contribution in [0.2, 0.25) is 0 Å². The number of carbonyl (C=O) groups is 1. The molecule has 1 atom stereocenters. The minimum absolute atomic E-state index is 0.0445. The molecular formula is C10H14O2. The Balaban J connectivity index is 2.01. The summed E-state index contributed by atoms with van der Waals surface area (Å²) in [6, 6.07) is 0. The number of unbranched alkanes of at least 4 members (excludes halogenated alkanes) is 2. The zero-order chi connectivity index (χ0) is 8.81. The summed E-state index contributed by atoms with van der Waals surface area (Å²) in [7, 11) is 0. The van der Waals surface area contributed by atoms with Crippen molar-refractivity contribution in [1.29, 1.82) is 0 Å². The van der Waals surface area contributed by atoms with E-state index in [-0.39, 0.29) is 12.1 Å².